The van der Waals surface area contributed by atoms with Crippen LogP contribution in [0, 0.1) is 5.92 Å². The van der Waals surface area contributed by atoms with Gasteiger partial charge in [-0.2, -0.15) is 0 Å². The highest BCUT2D eigenvalue weighted by atomic mass is 79.9. The van der Waals surface area contributed by atoms with Gasteiger partial charge in [0.1, 0.15) is 0 Å². The van der Waals surface area contributed by atoms with E-state index in [0.717, 1.165) is 5.92 Å². The van der Waals surface area contributed by atoms with Gasteiger partial charge in [0, 0.05) is 4.83 Å². The summed E-state index contributed by atoms with van der Waals surface area (Å²) < 4.78 is 0. The molecule has 0 fully saturated rings. The van der Waals surface area contributed by atoms with E-state index in [1.54, 1.807) is 0 Å². The van der Waals surface area contributed by atoms with Crippen LogP contribution in [0.25, 0.3) is 0 Å². The first-order chi connectivity index (χ1) is 5.70. The second-order valence-electron chi connectivity index (χ2n) is 3.51. The molecule has 1 atom stereocenters. The predicted molar refractivity (Wildman–Crippen MR) is 57.6 cm³/mol. The van der Waals surface area contributed by atoms with Crippen molar-refractivity contribution in [1.29, 1.82) is 0 Å². The Morgan fingerprint density at radius 3 is 2.25 bits per heavy atom. The second-order valence-corrected chi connectivity index (χ2v) is 4.61. The maximum absolute atomic E-state index is 3.69. The number of hydrogen-bond acceptors (Lipinski definition) is 0. The van der Waals surface area contributed by atoms with Crippen molar-refractivity contribution in [2.75, 3.05) is 0 Å². The maximum atomic E-state index is 3.69. The van der Waals surface area contributed by atoms with Crippen LogP contribution in [0.3, 0.4) is 0 Å². The van der Waals surface area contributed by atoms with Gasteiger partial charge in [0.05, 0.1) is 0 Å². The van der Waals surface area contributed by atoms with Crippen LogP contribution in [-0.2, 0) is 0 Å². The van der Waals surface area contributed by atoms with Gasteiger partial charge in [-0.15, -0.1) is 0 Å². The van der Waals surface area contributed by atoms with E-state index in [-0.39, 0.29) is 0 Å². The van der Waals surface area contributed by atoms with Crippen LogP contribution in [0.1, 0.15) is 30.7 Å². The minimum Gasteiger partial charge on any atom is -0.0839 e. The smallest absolute Gasteiger partial charge is 0.0397 e. The van der Waals surface area contributed by atoms with Crippen molar-refractivity contribution >= 4 is 15.9 Å². The number of hydrogen-bond donors (Lipinski definition) is 0. The summed E-state index contributed by atoms with van der Waals surface area (Å²) in [5, 5.41) is 0. The Kier molecular flexibility index (Phi) is 3.80. The van der Waals surface area contributed by atoms with E-state index >= 15 is 0 Å². The quantitative estimate of drug-likeness (QED) is 0.680. The molecular formula is C11H15Br. The molecule has 0 bridgehead atoms. The third kappa shape index (κ3) is 2.98. The number of halogens is 1. The van der Waals surface area contributed by atoms with Crippen molar-refractivity contribution < 1.29 is 0 Å². The van der Waals surface area contributed by atoms with Gasteiger partial charge in [-0.05, 0) is 17.9 Å². The lowest BCUT2D eigenvalue weighted by atomic mass is 10.0. The lowest BCUT2D eigenvalue weighted by molar-refractivity contribution is 0.584. The van der Waals surface area contributed by atoms with Gasteiger partial charge >= 0.3 is 0 Å². The normalized spacial score (nSPS) is 13.3. The number of rotatable bonds is 3. The Hall–Kier alpha value is -0.300. The van der Waals surface area contributed by atoms with Crippen LogP contribution in [-0.4, -0.2) is 0 Å². The Bertz CT molecular complexity index is 216. The van der Waals surface area contributed by atoms with Gasteiger partial charge in [0.25, 0.3) is 0 Å². The lowest BCUT2D eigenvalue weighted by Crippen LogP contribution is -1.95. The van der Waals surface area contributed by atoms with Crippen LogP contribution < -0.4 is 0 Å². The molecule has 66 valence electrons. The Balaban J connectivity index is 2.59. The van der Waals surface area contributed by atoms with Crippen molar-refractivity contribution in [1.82, 2.24) is 0 Å². The predicted octanol–water partition coefficient (Wildman–Crippen LogP) is 4.17. The first kappa shape index (κ1) is 9.79. The molecule has 0 amide bonds. The van der Waals surface area contributed by atoms with Gasteiger partial charge in [0.2, 0.25) is 0 Å². The second kappa shape index (κ2) is 4.66. The average Bonchev–Trinajstić information content (AvgIpc) is 2.05. The van der Waals surface area contributed by atoms with Crippen molar-refractivity contribution in [3.05, 3.63) is 35.9 Å². The summed E-state index contributed by atoms with van der Waals surface area (Å²) in [6.45, 7) is 4.49. The standard InChI is InChI=1S/C11H15Br/c1-9(2)8-11(12)10-6-4-3-5-7-10/h3-7,9,11H,8H2,1-2H3/t11-/m0/s1. The third-order valence-electron chi connectivity index (χ3n) is 1.84. The molecule has 0 spiro atoms. The van der Waals surface area contributed by atoms with E-state index in [1.807, 2.05) is 0 Å². The minimum absolute atomic E-state index is 0.513. The number of alkyl halides is 1. The Morgan fingerprint density at radius 1 is 1.17 bits per heavy atom. The molecule has 1 aromatic rings. The third-order valence-corrected chi connectivity index (χ3v) is 2.74. The van der Waals surface area contributed by atoms with Crippen LogP contribution in [0.5, 0.6) is 0 Å². The van der Waals surface area contributed by atoms with E-state index in [2.05, 4.69) is 60.1 Å². The van der Waals surface area contributed by atoms with Gasteiger partial charge in [0.15, 0.2) is 0 Å². The summed E-state index contributed by atoms with van der Waals surface area (Å²) in [6.07, 6.45) is 1.20. The fourth-order valence-electron chi connectivity index (χ4n) is 1.21. The van der Waals surface area contributed by atoms with Crippen molar-refractivity contribution in [2.45, 2.75) is 25.1 Å². The zero-order valence-electron chi connectivity index (χ0n) is 7.63. The largest absolute Gasteiger partial charge is 0.0839 e. The molecule has 0 unspecified atom stereocenters. The fourth-order valence-corrected chi connectivity index (χ4v) is 2.26. The molecule has 0 saturated carbocycles. The van der Waals surface area contributed by atoms with E-state index in [9.17, 15) is 0 Å². The molecule has 0 N–H and O–H groups in total. The molecule has 12 heavy (non-hydrogen) atoms. The molecule has 0 heterocycles. The zero-order chi connectivity index (χ0) is 8.97. The highest BCUT2D eigenvalue weighted by Gasteiger charge is 2.07. The summed E-state index contributed by atoms with van der Waals surface area (Å²) in [7, 11) is 0. The van der Waals surface area contributed by atoms with Crippen LogP contribution in [0.4, 0.5) is 0 Å². The molecule has 1 rings (SSSR count). The van der Waals surface area contributed by atoms with Crippen molar-refractivity contribution in [2.24, 2.45) is 5.92 Å². The van der Waals surface area contributed by atoms with Crippen LogP contribution in [0.2, 0.25) is 0 Å². The first-order valence-corrected chi connectivity index (χ1v) is 5.30. The average molecular weight is 227 g/mol. The summed E-state index contributed by atoms with van der Waals surface area (Å²) in [5.74, 6) is 0.745. The summed E-state index contributed by atoms with van der Waals surface area (Å²) >= 11 is 3.69. The molecule has 1 aromatic carbocycles. The van der Waals surface area contributed by atoms with Crippen LogP contribution in [0.15, 0.2) is 30.3 Å². The molecule has 0 radical (unpaired) electrons. The van der Waals surface area contributed by atoms with Crippen LogP contribution >= 0.6 is 15.9 Å². The molecule has 1 heteroatoms. The van der Waals surface area contributed by atoms with E-state index in [1.165, 1.54) is 12.0 Å². The molecule has 0 aliphatic heterocycles. The topological polar surface area (TPSA) is 0 Å². The SMILES string of the molecule is CC(C)C[C@H](Br)c1ccccc1. The number of benzene rings is 1. The highest BCUT2D eigenvalue weighted by molar-refractivity contribution is 9.09. The molecule has 0 aliphatic carbocycles. The fraction of sp³-hybridized carbons (Fsp3) is 0.455. The molecular weight excluding hydrogens is 212 g/mol. The minimum atomic E-state index is 0.513. The summed E-state index contributed by atoms with van der Waals surface area (Å²) in [6, 6.07) is 10.6. The van der Waals surface area contributed by atoms with Crippen molar-refractivity contribution in [3.63, 3.8) is 0 Å². The summed E-state index contributed by atoms with van der Waals surface area (Å²) in [4.78, 5) is 0.513. The highest BCUT2D eigenvalue weighted by Crippen LogP contribution is 2.28. The zero-order valence-corrected chi connectivity index (χ0v) is 9.21. The van der Waals surface area contributed by atoms with E-state index in [0.29, 0.717) is 4.83 Å². The lowest BCUT2D eigenvalue weighted by Gasteiger charge is -2.11. The van der Waals surface area contributed by atoms with E-state index < -0.39 is 0 Å². The Labute approximate surface area is 83.1 Å². The van der Waals surface area contributed by atoms with E-state index in [4.69, 9.17) is 0 Å². The first-order valence-electron chi connectivity index (χ1n) is 4.39. The maximum Gasteiger partial charge on any atom is 0.0397 e. The molecule has 0 aromatic heterocycles. The van der Waals surface area contributed by atoms with Crippen molar-refractivity contribution in [3.8, 4) is 0 Å². The molecule has 0 aliphatic rings. The van der Waals surface area contributed by atoms with Gasteiger partial charge in [-0.3, -0.25) is 0 Å². The summed E-state index contributed by atoms with van der Waals surface area (Å²) in [5.41, 5.74) is 1.38. The van der Waals surface area contributed by atoms with Gasteiger partial charge in [-0.25, -0.2) is 0 Å². The monoisotopic (exact) mass is 226 g/mol. The van der Waals surface area contributed by atoms with Gasteiger partial charge in [-0.1, -0.05) is 60.1 Å². The Morgan fingerprint density at radius 2 is 1.75 bits per heavy atom. The van der Waals surface area contributed by atoms with Gasteiger partial charge < -0.3 is 0 Å². The molecule has 0 saturated heterocycles. The molecule has 0 nitrogen and oxygen atoms in total.